The zero-order chi connectivity index (χ0) is 23.1. The van der Waals surface area contributed by atoms with E-state index in [-0.39, 0.29) is 23.9 Å². The van der Waals surface area contributed by atoms with Gasteiger partial charge >= 0.3 is 0 Å². The van der Waals surface area contributed by atoms with Crippen LogP contribution in [0, 0.1) is 13.8 Å². The van der Waals surface area contributed by atoms with Crippen LogP contribution in [0.15, 0.2) is 53.5 Å². The highest BCUT2D eigenvalue weighted by Gasteiger charge is 2.30. The summed E-state index contributed by atoms with van der Waals surface area (Å²) in [6.07, 6.45) is 3.76. The highest BCUT2D eigenvalue weighted by molar-refractivity contribution is 5.91. The van der Waals surface area contributed by atoms with Crippen LogP contribution in [0.3, 0.4) is 0 Å². The molecule has 0 radical (unpaired) electrons. The summed E-state index contributed by atoms with van der Waals surface area (Å²) in [5, 5.41) is 12.7. The topological polar surface area (TPSA) is 91.0 Å². The fourth-order valence-electron chi connectivity index (χ4n) is 4.12. The number of nitrogens with zero attached hydrogens (tertiary/aromatic N) is 4. The molecule has 1 amide bonds. The van der Waals surface area contributed by atoms with Gasteiger partial charge in [0.15, 0.2) is 0 Å². The number of ether oxygens (including phenoxy) is 1. The predicted octanol–water partition coefficient (Wildman–Crippen LogP) is 3.72. The first-order valence-electron chi connectivity index (χ1n) is 10.9. The number of hydrogen-bond donors (Lipinski definition) is 1. The molecule has 0 aliphatic heterocycles. The van der Waals surface area contributed by atoms with Crippen molar-refractivity contribution in [3.63, 3.8) is 0 Å². The second-order valence-electron chi connectivity index (χ2n) is 8.51. The van der Waals surface area contributed by atoms with E-state index in [9.17, 15) is 9.59 Å². The van der Waals surface area contributed by atoms with E-state index in [4.69, 9.17) is 4.74 Å². The molecule has 4 aromatic rings. The van der Waals surface area contributed by atoms with Crippen molar-refractivity contribution in [1.82, 2.24) is 19.6 Å². The Morgan fingerprint density at radius 2 is 2.00 bits per heavy atom. The third-order valence-corrected chi connectivity index (χ3v) is 5.90. The monoisotopic (exact) mass is 443 g/mol. The molecule has 0 saturated heterocycles. The van der Waals surface area contributed by atoms with Gasteiger partial charge in [-0.15, -0.1) is 0 Å². The SMILES string of the molecule is COc1cccc(NC(=O)Cn2nc(C3CC3)c3cnn(-c4ccc(C)cc4C)c3c2=O)c1. The molecule has 8 heteroatoms. The minimum atomic E-state index is -0.340. The summed E-state index contributed by atoms with van der Waals surface area (Å²) in [5.74, 6) is 0.590. The number of amides is 1. The first-order chi connectivity index (χ1) is 15.9. The van der Waals surface area contributed by atoms with Crippen molar-refractivity contribution in [2.24, 2.45) is 0 Å². The zero-order valence-electron chi connectivity index (χ0n) is 18.8. The van der Waals surface area contributed by atoms with Gasteiger partial charge < -0.3 is 10.1 Å². The number of fused-ring (bicyclic) bond motifs is 1. The van der Waals surface area contributed by atoms with E-state index < -0.39 is 0 Å². The van der Waals surface area contributed by atoms with Crippen LogP contribution in [0.1, 0.15) is 35.6 Å². The van der Waals surface area contributed by atoms with E-state index in [0.29, 0.717) is 17.0 Å². The first-order valence-corrected chi connectivity index (χ1v) is 10.9. The van der Waals surface area contributed by atoms with Crippen LogP contribution < -0.4 is 15.6 Å². The van der Waals surface area contributed by atoms with Crippen LogP contribution in [0.2, 0.25) is 0 Å². The predicted molar refractivity (Wildman–Crippen MR) is 126 cm³/mol. The van der Waals surface area contributed by atoms with Crippen molar-refractivity contribution in [3.8, 4) is 11.4 Å². The minimum Gasteiger partial charge on any atom is -0.497 e. The Kier molecular flexibility index (Phi) is 5.20. The summed E-state index contributed by atoms with van der Waals surface area (Å²) in [5.41, 5.74) is 4.53. The Balaban J connectivity index is 1.55. The molecule has 33 heavy (non-hydrogen) atoms. The van der Waals surface area contributed by atoms with Gasteiger partial charge in [0.25, 0.3) is 5.56 Å². The molecule has 1 aliphatic rings. The lowest BCUT2D eigenvalue weighted by Gasteiger charge is -2.12. The number of carbonyl (C=O) groups is 1. The van der Waals surface area contributed by atoms with E-state index in [1.54, 1.807) is 42.3 Å². The molecule has 1 fully saturated rings. The van der Waals surface area contributed by atoms with Gasteiger partial charge in [-0.1, -0.05) is 23.8 Å². The molecular formula is C25H25N5O3. The van der Waals surface area contributed by atoms with Crippen molar-refractivity contribution < 1.29 is 9.53 Å². The molecule has 1 aliphatic carbocycles. The van der Waals surface area contributed by atoms with Crippen molar-refractivity contribution in [1.29, 1.82) is 0 Å². The Morgan fingerprint density at radius 1 is 1.18 bits per heavy atom. The molecule has 0 spiro atoms. The molecule has 2 aromatic heterocycles. The number of hydrogen-bond acceptors (Lipinski definition) is 5. The summed E-state index contributed by atoms with van der Waals surface area (Å²) in [7, 11) is 1.57. The molecule has 2 aromatic carbocycles. The molecule has 0 atom stereocenters. The summed E-state index contributed by atoms with van der Waals surface area (Å²) in [6, 6.07) is 13.1. The van der Waals surface area contributed by atoms with Gasteiger partial charge in [0.1, 0.15) is 17.8 Å². The van der Waals surface area contributed by atoms with E-state index in [2.05, 4.69) is 21.6 Å². The van der Waals surface area contributed by atoms with Crippen LogP contribution >= 0.6 is 0 Å². The van der Waals surface area contributed by atoms with Crippen molar-refractivity contribution in [2.45, 2.75) is 39.2 Å². The molecule has 5 rings (SSSR count). The molecular weight excluding hydrogens is 418 g/mol. The van der Waals surface area contributed by atoms with E-state index >= 15 is 0 Å². The van der Waals surface area contributed by atoms with Gasteiger partial charge in [0, 0.05) is 23.1 Å². The minimum absolute atomic E-state index is 0.191. The fraction of sp³-hybridized carbons (Fsp3) is 0.280. The molecule has 1 N–H and O–H groups in total. The zero-order valence-corrected chi connectivity index (χ0v) is 18.8. The average molecular weight is 444 g/mol. The number of aromatic nitrogens is 4. The van der Waals surface area contributed by atoms with Crippen LogP contribution in [0.4, 0.5) is 5.69 Å². The highest BCUT2D eigenvalue weighted by Crippen LogP contribution is 2.41. The van der Waals surface area contributed by atoms with Crippen LogP contribution in [-0.2, 0) is 11.3 Å². The summed E-state index contributed by atoms with van der Waals surface area (Å²) >= 11 is 0. The molecule has 168 valence electrons. The quantitative estimate of drug-likeness (QED) is 0.490. The number of nitrogens with one attached hydrogen (secondary N) is 1. The number of anilines is 1. The average Bonchev–Trinajstić information content (AvgIpc) is 3.54. The number of benzene rings is 2. The number of rotatable bonds is 6. The second kappa shape index (κ2) is 8.20. The maximum absolute atomic E-state index is 13.5. The van der Waals surface area contributed by atoms with Crippen molar-refractivity contribution in [3.05, 3.63) is 75.8 Å². The first kappa shape index (κ1) is 20.9. The van der Waals surface area contributed by atoms with Crippen molar-refractivity contribution in [2.75, 3.05) is 12.4 Å². The maximum atomic E-state index is 13.5. The molecule has 0 unspecified atom stereocenters. The Morgan fingerprint density at radius 3 is 2.73 bits per heavy atom. The molecule has 1 saturated carbocycles. The number of aryl methyl sites for hydroxylation is 2. The standard InChI is InChI=1S/C25H25N5O3/c1-15-7-10-21(16(2)11-15)30-24-20(13-26-30)23(17-8-9-17)28-29(25(24)32)14-22(31)27-18-5-4-6-19(12-18)33-3/h4-7,10-13,17H,8-9,14H2,1-3H3,(H,27,31). The summed E-state index contributed by atoms with van der Waals surface area (Å²) in [4.78, 5) is 26.3. The second-order valence-corrected chi connectivity index (χ2v) is 8.51. The maximum Gasteiger partial charge on any atom is 0.293 e. The van der Waals surface area contributed by atoms with Crippen molar-refractivity contribution >= 4 is 22.5 Å². The van der Waals surface area contributed by atoms with Gasteiger partial charge in [-0.05, 0) is 50.5 Å². The van der Waals surface area contributed by atoms with Gasteiger partial charge in [-0.3, -0.25) is 9.59 Å². The third-order valence-electron chi connectivity index (χ3n) is 5.90. The van der Waals surface area contributed by atoms with E-state index in [1.165, 1.54) is 4.68 Å². The molecule has 8 nitrogen and oxygen atoms in total. The normalized spacial score (nSPS) is 13.3. The lowest BCUT2D eigenvalue weighted by Crippen LogP contribution is -2.31. The van der Waals surface area contributed by atoms with Gasteiger partial charge in [0.05, 0.1) is 24.7 Å². The van der Waals surface area contributed by atoms with E-state index in [0.717, 1.165) is 40.7 Å². The molecule has 0 bridgehead atoms. The van der Waals surface area contributed by atoms with Gasteiger partial charge in [-0.2, -0.15) is 10.2 Å². The smallest absolute Gasteiger partial charge is 0.293 e. The van der Waals surface area contributed by atoms with E-state index in [1.807, 2.05) is 26.0 Å². The van der Waals surface area contributed by atoms with Crippen LogP contribution in [-0.4, -0.2) is 32.6 Å². The summed E-state index contributed by atoms with van der Waals surface area (Å²) < 4.78 is 8.14. The Labute approximate surface area is 190 Å². The lowest BCUT2D eigenvalue weighted by atomic mass is 10.1. The number of methoxy groups -OCH3 is 1. The molecule has 2 heterocycles. The lowest BCUT2D eigenvalue weighted by molar-refractivity contribution is -0.117. The Bertz CT molecular complexity index is 1430. The van der Waals surface area contributed by atoms with Gasteiger partial charge in [-0.25, -0.2) is 9.36 Å². The third kappa shape index (κ3) is 4.00. The van der Waals surface area contributed by atoms with Crippen LogP contribution in [0.5, 0.6) is 5.75 Å². The largest absolute Gasteiger partial charge is 0.497 e. The van der Waals surface area contributed by atoms with Gasteiger partial charge in [0.2, 0.25) is 5.91 Å². The summed E-state index contributed by atoms with van der Waals surface area (Å²) in [6.45, 7) is 3.84. The fourth-order valence-corrected chi connectivity index (χ4v) is 4.12. The Hall–Kier alpha value is -3.94. The number of carbonyl (C=O) groups excluding carboxylic acids is 1. The van der Waals surface area contributed by atoms with Crippen LogP contribution in [0.25, 0.3) is 16.6 Å². The highest BCUT2D eigenvalue weighted by atomic mass is 16.5.